The number of hydrogen-bond acceptors (Lipinski definition) is 1. The van der Waals surface area contributed by atoms with Crippen molar-refractivity contribution in [1.82, 2.24) is 0 Å². The van der Waals surface area contributed by atoms with Gasteiger partial charge < -0.3 is 5.73 Å². The SMILES string of the molecule is CCCCCCCCc1ccc(N)cc1C(F)(F)F. The van der Waals surface area contributed by atoms with E-state index >= 15 is 0 Å². The summed E-state index contributed by atoms with van der Waals surface area (Å²) >= 11 is 0. The maximum absolute atomic E-state index is 12.8. The molecule has 0 amide bonds. The minimum atomic E-state index is -4.31. The number of alkyl halides is 3. The third-order valence-electron chi connectivity index (χ3n) is 3.24. The van der Waals surface area contributed by atoms with Crippen molar-refractivity contribution in [3.63, 3.8) is 0 Å². The minimum Gasteiger partial charge on any atom is -0.399 e. The maximum Gasteiger partial charge on any atom is 0.416 e. The lowest BCUT2D eigenvalue weighted by atomic mass is 9.99. The molecule has 0 aliphatic carbocycles. The van der Waals surface area contributed by atoms with Gasteiger partial charge >= 0.3 is 6.18 Å². The van der Waals surface area contributed by atoms with E-state index in [0.29, 0.717) is 12.0 Å². The molecule has 1 rings (SSSR count). The fourth-order valence-electron chi connectivity index (χ4n) is 2.17. The lowest BCUT2D eigenvalue weighted by Crippen LogP contribution is -2.10. The Morgan fingerprint density at radius 2 is 1.63 bits per heavy atom. The molecular formula is C15H22F3N. The molecule has 0 aliphatic heterocycles. The molecule has 1 aromatic rings. The molecule has 0 heterocycles. The standard InChI is InChI=1S/C15H22F3N/c1-2-3-4-5-6-7-8-12-9-10-13(19)11-14(12)15(16,17)18/h9-11H,2-8,19H2,1H3. The number of anilines is 1. The summed E-state index contributed by atoms with van der Waals surface area (Å²) in [6, 6.07) is 4.08. The lowest BCUT2D eigenvalue weighted by molar-refractivity contribution is -0.138. The molecule has 0 atom stereocenters. The average Bonchev–Trinajstić information content (AvgIpc) is 2.34. The molecule has 4 heteroatoms. The fourth-order valence-corrected chi connectivity index (χ4v) is 2.17. The fraction of sp³-hybridized carbons (Fsp3) is 0.600. The first-order valence-corrected chi connectivity index (χ1v) is 6.90. The quantitative estimate of drug-likeness (QED) is 0.537. The molecule has 1 nitrogen and oxygen atoms in total. The number of halogens is 3. The van der Waals surface area contributed by atoms with Gasteiger partial charge in [0.2, 0.25) is 0 Å². The Morgan fingerprint density at radius 3 is 2.26 bits per heavy atom. The van der Waals surface area contributed by atoms with E-state index in [1.54, 1.807) is 6.07 Å². The van der Waals surface area contributed by atoms with Gasteiger partial charge in [0.15, 0.2) is 0 Å². The van der Waals surface area contributed by atoms with Crippen molar-refractivity contribution in [2.75, 3.05) is 5.73 Å². The van der Waals surface area contributed by atoms with Crippen molar-refractivity contribution >= 4 is 5.69 Å². The van der Waals surface area contributed by atoms with Crippen LogP contribution < -0.4 is 5.73 Å². The molecule has 0 aliphatic rings. The summed E-state index contributed by atoms with van der Waals surface area (Å²) in [5, 5.41) is 0. The van der Waals surface area contributed by atoms with Gasteiger partial charge in [0.1, 0.15) is 0 Å². The molecule has 0 aromatic heterocycles. The van der Waals surface area contributed by atoms with Crippen LogP contribution in [0.15, 0.2) is 18.2 Å². The first kappa shape index (κ1) is 15.9. The van der Waals surface area contributed by atoms with Crippen LogP contribution in [-0.2, 0) is 12.6 Å². The van der Waals surface area contributed by atoms with Crippen LogP contribution in [0.1, 0.15) is 56.6 Å². The molecule has 0 unspecified atom stereocenters. The summed E-state index contributed by atoms with van der Waals surface area (Å²) in [5.41, 5.74) is 5.38. The number of unbranched alkanes of at least 4 members (excludes halogenated alkanes) is 5. The third kappa shape index (κ3) is 5.53. The van der Waals surface area contributed by atoms with E-state index in [9.17, 15) is 13.2 Å². The zero-order valence-electron chi connectivity index (χ0n) is 11.4. The van der Waals surface area contributed by atoms with Crippen molar-refractivity contribution in [3.05, 3.63) is 29.3 Å². The van der Waals surface area contributed by atoms with Gasteiger partial charge in [-0.15, -0.1) is 0 Å². The summed E-state index contributed by atoms with van der Waals surface area (Å²) in [6.07, 6.45) is 2.60. The summed E-state index contributed by atoms with van der Waals surface area (Å²) in [4.78, 5) is 0. The highest BCUT2D eigenvalue weighted by Crippen LogP contribution is 2.34. The predicted molar refractivity (Wildman–Crippen MR) is 72.9 cm³/mol. The van der Waals surface area contributed by atoms with E-state index in [1.807, 2.05) is 0 Å². The first-order valence-electron chi connectivity index (χ1n) is 6.90. The highest BCUT2D eigenvalue weighted by molar-refractivity contribution is 5.46. The molecule has 0 saturated carbocycles. The van der Waals surface area contributed by atoms with E-state index < -0.39 is 11.7 Å². The predicted octanol–water partition coefficient (Wildman–Crippen LogP) is 5.19. The van der Waals surface area contributed by atoms with E-state index in [2.05, 4.69) is 6.92 Å². The Morgan fingerprint density at radius 1 is 1.00 bits per heavy atom. The molecule has 108 valence electrons. The molecule has 2 N–H and O–H groups in total. The molecule has 0 fully saturated rings. The number of aryl methyl sites for hydroxylation is 1. The van der Waals surface area contributed by atoms with E-state index in [4.69, 9.17) is 5.73 Å². The van der Waals surface area contributed by atoms with Crippen LogP contribution in [0.4, 0.5) is 18.9 Å². The van der Waals surface area contributed by atoms with Crippen LogP contribution in [0, 0.1) is 0 Å². The number of nitrogen functional groups attached to an aromatic ring is 1. The Kier molecular flexibility index (Phi) is 6.19. The van der Waals surface area contributed by atoms with Crippen LogP contribution in [-0.4, -0.2) is 0 Å². The summed E-state index contributed by atoms with van der Waals surface area (Å²) < 4.78 is 38.5. The van der Waals surface area contributed by atoms with Gasteiger partial charge in [-0.3, -0.25) is 0 Å². The zero-order chi connectivity index (χ0) is 14.3. The molecule has 0 saturated heterocycles. The largest absolute Gasteiger partial charge is 0.416 e. The molecule has 19 heavy (non-hydrogen) atoms. The van der Waals surface area contributed by atoms with Crippen LogP contribution in [0.25, 0.3) is 0 Å². The van der Waals surface area contributed by atoms with Crippen molar-refractivity contribution in [3.8, 4) is 0 Å². The lowest BCUT2D eigenvalue weighted by Gasteiger charge is -2.13. The topological polar surface area (TPSA) is 26.0 Å². The summed E-state index contributed by atoms with van der Waals surface area (Å²) in [7, 11) is 0. The van der Waals surface area contributed by atoms with Crippen LogP contribution in [0.2, 0.25) is 0 Å². The van der Waals surface area contributed by atoms with Crippen LogP contribution >= 0.6 is 0 Å². The zero-order valence-corrected chi connectivity index (χ0v) is 11.4. The molecule has 0 bridgehead atoms. The van der Waals surface area contributed by atoms with Gasteiger partial charge in [-0.25, -0.2) is 0 Å². The normalized spacial score (nSPS) is 11.8. The molecule has 0 spiro atoms. The Hall–Kier alpha value is -1.19. The molecular weight excluding hydrogens is 251 g/mol. The van der Waals surface area contributed by atoms with Gasteiger partial charge in [-0.05, 0) is 30.5 Å². The number of benzene rings is 1. The smallest absolute Gasteiger partial charge is 0.399 e. The second kappa shape index (κ2) is 7.41. The van der Waals surface area contributed by atoms with Crippen LogP contribution in [0.5, 0.6) is 0 Å². The summed E-state index contributed by atoms with van der Waals surface area (Å²) in [6.45, 7) is 2.14. The van der Waals surface area contributed by atoms with Crippen molar-refractivity contribution < 1.29 is 13.2 Å². The molecule has 1 aromatic carbocycles. The third-order valence-corrected chi connectivity index (χ3v) is 3.24. The first-order chi connectivity index (χ1) is 8.95. The number of hydrogen-bond donors (Lipinski definition) is 1. The van der Waals surface area contributed by atoms with Crippen molar-refractivity contribution in [1.29, 1.82) is 0 Å². The Bertz CT molecular complexity index is 385. The Labute approximate surface area is 113 Å². The molecule has 0 radical (unpaired) electrons. The number of nitrogens with two attached hydrogens (primary N) is 1. The average molecular weight is 273 g/mol. The van der Waals surface area contributed by atoms with E-state index in [-0.39, 0.29) is 5.69 Å². The van der Waals surface area contributed by atoms with Crippen LogP contribution in [0.3, 0.4) is 0 Å². The van der Waals surface area contributed by atoms with E-state index in [0.717, 1.165) is 25.3 Å². The van der Waals surface area contributed by atoms with Gasteiger partial charge in [-0.1, -0.05) is 45.1 Å². The van der Waals surface area contributed by atoms with Gasteiger partial charge in [-0.2, -0.15) is 13.2 Å². The van der Waals surface area contributed by atoms with Crippen molar-refractivity contribution in [2.45, 2.75) is 58.0 Å². The van der Waals surface area contributed by atoms with E-state index in [1.165, 1.54) is 25.3 Å². The second-order valence-electron chi connectivity index (χ2n) is 4.93. The monoisotopic (exact) mass is 273 g/mol. The van der Waals surface area contributed by atoms with Gasteiger partial charge in [0.05, 0.1) is 5.56 Å². The Balaban J connectivity index is 2.54. The maximum atomic E-state index is 12.8. The second-order valence-corrected chi connectivity index (χ2v) is 4.93. The van der Waals surface area contributed by atoms with Gasteiger partial charge in [0.25, 0.3) is 0 Å². The summed E-state index contributed by atoms with van der Waals surface area (Å²) in [5.74, 6) is 0. The number of rotatable bonds is 7. The van der Waals surface area contributed by atoms with Crippen molar-refractivity contribution in [2.24, 2.45) is 0 Å². The van der Waals surface area contributed by atoms with Gasteiger partial charge in [0, 0.05) is 5.69 Å². The highest BCUT2D eigenvalue weighted by atomic mass is 19.4. The minimum absolute atomic E-state index is 0.166. The highest BCUT2D eigenvalue weighted by Gasteiger charge is 2.33.